The van der Waals surface area contributed by atoms with Crippen LogP contribution in [0, 0.1) is 11.8 Å². The van der Waals surface area contributed by atoms with Crippen molar-refractivity contribution in [1.29, 1.82) is 0 Å². The average Bonchev–Trinajstić information content (AvgIpc) is 2.80. The van der Waals surface area contributed by atoms with Crippen LogP contribution in [0.1, 0.15) is 25.3 Å². The van der Waals surface area contributed by atoms with E-state index in [4.69, 9.17) is 21.1 Å². The molecule has 4 heteroatoms. The fourth-order valence-electron chi connectivity index (χ4n) is 1.90. The molecule has 0 saturated carbocycles. The Morgan fingerprint density at radius 3 is 3.11 bits per heavy atom. The SMILES string of the molecule is CC1CCC(COc2cncc(C#CCCl)c2)O1. The third kappa shape index (κ3) is 3.90. The molecule has 1 fully saturated rings. The van der Waals surface area contributed by atoms with Crippen LogP contribution in [0.3, 0.4) is 0 Å². The molecule has 0 radical (unpaired) electrons. The minimum Gasteiger partial charge on any atom is -0.489 e. The predicted molar refractivity (Wildman–Crippen MR) is 70.9 cm³/mol. The van der Waals surface area contributed by atoms with Gasteiger partial charge in [0, 0.05) is 11.8 Å². The topological polar surface area (TPSA) is 31.4 Å². The molecule has 2 unspecified atom stereocenters. The van der Waals surface area contributed by atoms with E-state index < -0.39 is 0 Å². The number of ether oxygens (including phenoxy) is 2. The summed E-state index contributed by atoms with van der Waals surface area (Å²) in [6, 6.07) is 1.87. The van der Waals surface area contributed by atoms with Crippen molar-refractivity contribution in [3.8, 4) is 17.6 Å². The molecule has 0 spiro atoms. The second kappa shape index (κ2) is 6.63. The van der Waals surface area contributed by atoms with E-state index in [0.717, 1.165) is 24.2 Å². The second-order valence-electron chi connectivity index (χ2n) is 4.30. The van der Waals surface area contributed by atoms with Crippen LogP contribution in [0.5, 0.6) is 5.75 Å². The molecule has 18 heavy (non-hydrogen) atoms. The van der Waals surface area contributed by atoms with E-state index >= 15 is 0 Å². The van der Waals surface area contributed by atoms with E-state index in [2.05, 4.69) is 23.7 Å². The van der Waals surface area contributed by atoms with Crippen LogP contribution in [0.2, 0.25) is 0 Å². The fourth-order valence-corrected chi connectivity index (χ4v) is 1.97. The Balaban J connectivity index is 1.89. The van der Waals surface area contributed by atoms with Gasteiger partial charge in [0.2, 0.25) is 0 Å². The van der Waals surface area contributed by atoms with Gasteiger partial charge in [-0.25, -0.2) is 0 Å². The van der Waals surface area contributed by atoms with E-state index in [9.17, 15) is 0 Å². The first kappa shape index (κ1) is 13.2. The summed E-state index contributed by atoms with van der Waals surface area (Å²) in [4.78, 5) is 4.09. The predicted octanol–water partition coefficient (Wildman–Crippen LogP) is 2.62. The molecule has 3 nitrogen and oxygen atoms in total. The van der Waals surface area contributed by atoms with E-state index in [1.165, 1.54) is 0 Å². The van der Waals surface area contributed by atoms with Crippen molar-refractivity contribution >= 4 is 11.6 Å². The Morgan fingerprint density at radius 2 is 2.39 bits per heavy atom. The molecule has 1 aromatic heterocycles. The molecule has 1 aliphatic rings. The molecular weight excluding hydrogens is 250 g/mol. The van der Waals surface area contributed by atoms with Gasteiger partial charge in [-0.05, 0) is 25.8 Å². The number of pyridine rings is 1. The quantitative estimate of drug-likeness (QED) is 0.622. The van der Waals surface area contributed by atoms with Crippen molar-refractivity contribution in [2.75, 3.05) is 12.5 Å². The lowest BCUT2D eigenvalue weighted by Gasteiger charge is -2.12. The van der Waals surface area contributed by atoms with Gasteiger partial charge in [0.05, 0.1) is 24.3 Å². The average molecular weight is 266 g/mol. The van der Waals surface area contributed by atoms with Crippen LogP contribution >= 0.6 is 11.6 Å². The maximum atomic E-state index is 5.69. The van der Waals surface area contributed by atoms with Crippen LogP contribution in [0.25, 0.3) is 0 Å². The van der Waals surface area contributed by atoms with Crippen molar-refractivity contribution in [2.45, 2.75) is 32.0 Å². The molecule has 1 saturated heterocycles. The van der Waals surface area contributed by atoms with Crippen molar-refractivity contribution in [3.63, 3.8) is 0 Å². The van der Waals surface area contributed by atoms with Gasteiger partial charge in [-0.15, -0.1) is 11.6 Å². The normalized spacial score (nSPS) is 22.3. The van der Waals surface area contributed by atoms with E-state index in [-0.39, 0.29) is 6.10 Å². The molecular formula is C14H16ClNO2. The smallest absolute Gasteiger partial charge is 0.138 e. The molecule has 2 rings (SSSR count). The number of hydrogen-bond donors (Lipinski definition) is 0. The minimum absolute atomic E-state index is 0.192. The van der Waals surface area contributed by atoms with Gasteiger partial charge in [-0.2, -0.15) is 0 Å². The van der Waals surface area contributed by atoms with Crippen LogP contribution in [0.15, 0.2) is 18.5 Å². The first-order valence-corrected chi connectivity index (χ1v) is 6.59. The van der Waals surface area contributed by atoms with Crippen molar-refractivity contribution < 1.29 is 9.47 Å². The molecule has 0 N–H and O–H groups in total. The fraction of sp³-hybridized carbons (Fsp3) is 0.500. The lowest BCUT2D eigenvalue weighted by molar-refractivity contribution is 0.0264. The first-order valence-electron chi connectivity index (χ1n) is 6.06. The second-order valence-corrected chi connectivity index (χ2v) is 4.57. The monoisotopic (exact) mass is 265 g/mol. The summed E-state index contributed by atoms with van der Waals surface area (Å²) in [6.07, 6.45) is 6.08. The highest BCUT2D eigenvalue weighted by Gasteiger charge is 2.22. The summed E-state index contributed by atoms with van der Waals surface area (Å²) >= 11 is 5.51. The van der Waals surface area contributed by atoms with E-state index in [1.807, 2.05) is 6.07 Å². The summed E-state index contributed by atoms with van der Waals surface area (Å²) in [6.45, 7) is 2.66. The highest BCUT2D eigenvalue weighted by Crippen LogP contribution is 2.20. The van der Waals surface area contributed by atoms with Crippen LogP contribution in [-0.2, 0) is 4.74 Å². The zero-order chi connectivity index (χ0) is 12.8. The Labute approximate surface area is 112 Å². The molecule has 2 atom stereocenters. The molecule has 2 heterocycles. The zero-order valence-corrected chi connectivity index (χ0v) is 11.1. The Kier molecular flexibility index (Phi) is 4.86. The molecule has 0 aliphatic carbocycles. The number of aromatic nitrogens is 1. The molecule has 1 aliphatic heterocycles. The van der Waals surface area contributed by atoms with Gasteiger partial charge >= 0.3 is 0 Å². The van der Waals surface area contributed by atoms with Gasteiger partial charge in [-0.3, -0.25) is 4.98 Å². The maximum Gasteiger partial charge on any atom is 0.138 e. The number of nitrogens with zero attached hydrogens (tertiary/aromatic N) is 1. The molecule has 0 amide bonds. The highest BCUT2D eigenvalue weighted by molar-refractivity contribution is 6.19. The molecule has 96 valence electrons. The summed E-state index contributed by atoms with van der Waals surface area (Å²) in [7, 11) is 0. The van der Waals surface area contributed by atoms with Crippen molar-refractivity contribution in [2.24, 2.45) is 0 Å². The summed E-state index contributed by atoms with van der Waals surface area (Å²) < 4.78 is 11.4. The molecule has 1 aromatic rings. The standard InChI is InChI=1S/C14H16ClNO2/c1-11-4-5-13(18-11)10-17-14-7-12(3-2-6-15)8-16-9-14/h7-9,11,13H,4-6,10H2,1H3. The summed E-state index contributed by atoms with van der Waals surface area (Å²) in [5, 5.41) is 0. The Bertz CT molecular complexity index is 453. The summed E-state index contributed by atoms with van der Waals surface area (Å²) in [5.41, 5.74) is 0.814. The number of alkyl halides is 1. The van der Waals surface area contributed by atoms with Crippen LogP contribution in [0.4, 0.5) is 0 Å². The van der Waals surface area contributed by atoms with Crippen LogP contribution in [-0.4, -0.2) is 29.7 Å². The largest absolute Gasteiger partial charge is 0.489 e. The van der Waals surface area contributed by atoms with E-state index in [1.54, 1.807) is 12.4 Å². The Hall–Kier alpha value is -1.24. The van der Waals surface area contributed by atoms with Crippen molar-refractivity contribution in [1.82, 2.24) is 4.98 Å². The Morgan fingerprint density at radius 1 is 1.50 bits per heavy atom. The van der Waals surface area contributed by atoms with Gasteiger partial charge in [0.15, 0.2) is 0 Å². The van der Waals surface area contributed by atoms with E-state index in [0.29, 0.717) is 18.6 Å². The zero-order valence-electron chi connectivity index (χ0n) is 10.4. The van der Waals surface area contributed by atoms with Gasteiger partial charge in [0.25, 0.3) is 0 Å². The third-order valence-electron chi connectivity index (χ3n) is 2.77. The lowest BCUT2D eigenvalue weighted by atomic mass is 10.2. The summed E-state index contributed by atoms with van der Waals surface area (Å²) in [5.74, 6) is 6.74. The number of halogens is 1. The lowest BCUT2D eigenvalue weighted by Crippen LogP contribution is -2.17. The van der Waals surface area contributed by atoms with Crippen molar-refractivity contribution in [3.05, 3.63) is 24.0 Å². The molecule has 0 bridgehead atoms. The number of rotatable bonds is 3. The van der Waals surface area contributed by atoms with Gasteiger partial charge < -0.3 is 9.47 Å². The minimum atomic E-state index is 0.192. The highest BCUT2D eigenvalue weighted by atomic mass is 35.5. The van der Waals surface area contributed by atoms with Crippen LogP contribution < -0.4 is 4.74 Å². The number of hydrogen-bond acceptors (Lipinski definition) is 3. The maximum absolute atomic E-state index is 5.69. The molecule has 0 aromatic carbocycles. The third-order valence-corrected chi connectivity index (χ3v) is 2.90. The van der Waals surface area contributed by atoms with Gasteiger partial charge in [-0.1, -0.05) is 11.8 Å². The first-order chi connectivity index (χ1) is 8.78. The van der Waals surface area contributed by atoms with Gasteiger partial charge in [0.1, 0.15) is 12.4 Å².